The summed E-state index contributed by atoms with van der Waals surface area (Å²) < 4.78 is 0. The minimum atomic E-state index is 0. The summed E-state index contributed by atoms with van der Waals surface area (Å²) in [6, 6.07) is 12.3. The van der Waals surface area contributed by atoms with Crippen LogP contribution in [0.4, 0.5) is 0 Å². The van der Waals surface area contributed by atoms with Crippen LogP contribution < -0.4 is 0 Å². The van der Waals surface area contributed by atoms with Crippen LogP contribution in [0.25, 0.3) is 10.8 Å². The number of benzene rings is 2. The highest BCUT2D eigenvalue weighted by Crippen LogP contribution is 2.23. The molecule has 1 aliphatic heterocycles. The van der Waals surface area contributed by atoms with E-state index in [9.17, 15) is 4.79 Å². The van der Waals surface area contributed by atoms with Crippen molar-refractivity contribution in [3.8, 4) is 0 Å². The maximum absolute atomic E-state index is 12.7. The van der Waals surface area contributed by atoms with E-state index >= 15 is 0 Å². The van der Waals surface area contributed by atoms with E-state index in [-0.39, 0.29) is 18.2 Å². The molecule has 0 unspecified atom stereocenters. The van der Waals surface area contributed by atoms with Gasteiger partial charge in [0.15, 0.2) is 5.78 Å². The number of hydrogen-bond donors (Lipinski definition) is 0. The number of carbonyl (C=O) groups excluding carboxylic acids is 1. The third kappa shape index (κ3) is 4.33. The molecule has 1 fully saturated rings. The Hall–Kier alpha value is -1.38. The fourth-order valence-corrected chi connectivity index (χ4v) is 3.45. The summed E-state index contributed by atoms with van der Waals surface area (Å²) in [6.45, 7) is 5.32. The minimum absolute atomic E-state index is 0. The second-order valence-electron chi connectivity index (χ2n) is 6.40. The number of aryl methyl sites for hydroxylation is 1. The van der Waals surface area contributed by atoms with Gasteiger partial charge in [-0.05, 0) is 49.2 Å². The zero-order valence-electron chi connectivity index (χ0n) is 13.9. The van der Waals surface area contributed by atoms with Crippen molar-refractivity contribution >= 4 is 29.0 Å². The van der Waals surface area contributed by atoms with Crippen LogP contribution in [0, 0.1) is 6.92 Å². The van der Waals surface area contributed by atoms with E-state index in [2.05, 4.69) is 30.0 Å². The van der Waals surface area contributed by atoms with E-state index in [1.54, 1.807) is 0 Å². The molecule has 0 N–H and O–H groups in total. The Morgan fingerprint density at radius 1 is 0.957 bits per heavy atom. The molecule has 1 heterocycles. The van der Waals surface area contributed by atoms with E-state index in [1.165, 1.54) is 36.6 Å². The average Bonchev–Trinajstić information content (AvgIpc) is 2.82. The SMILES string of the molecule is Cc1ccc(C(=O)CCN2CCCCCC2)c2ccccc12.Cl. The fourth-order valence-electron chi connectivity index (χ4n) is 3.45. The van der Waals surface area contributed by atoms with Gasteiger partial charge in [-0.15, -0.1) is 12.4 Å². The molecule has 0 spiro atoms. The zero-order chi connectivity index (χ0) is 15.4. The number of carbonyl (C=O) groups is 1. The van der Waals surface area contributed by atoms with Crippen molar-refractivity contribution in [1.82, 2.24) is 4.90 Å². The molecular weight excluding hydrogens is 306 g/mol. The maximum Gasteiger partial charge on any atom is 0.164 e. The molecule has 0 aromatic heterocycles. The molecule has 3 rings (SSSR count). The predicted octanol–water partition coefficient (Wildman–Crippen LogP) is 5.02. The number of hydrogen-bond acceptors (Lipinski definition) is 2. The molecule has 0 bridgehead atoms. The van der Waals surface area contributed by atoms with E-state index in [4.69, 9.17) is 0 Å². The Bertz CT molecular complexity index is 660. The van der Waals surface area contributed by atoms with Gasteiger partial charge in [0.05, 0.1) is 0 Å². The molecule has 0 saturated carbocycles. The number of likely N-dealkylation sites (tertiary alicyclic amines) is 1. The van der Waals surface area contributed by atoms with Gasteiger partial charge in [-0.25, -0.2) is 0 Å². The van der Waals surface area contributed by atoms with Crippen LogP contribution >= 0.6 is 12.4 Å². The van der Waals surface area contributed by atoms with Gasteiger partial charge in [0.25, 0.3) is 0 Å². The molecule has 2 aromatic rings. The Balaban J connectivity index is 0.00000192. The van der Waals surface area contributed by atoms with Crippen LogP contribution in [0.5, 0.6) is 0 Å². The van der Waals surface area contributed by atoms with Gasteiger partial charge >= 0.3 is 0 Å². The molecule has 23 heavy (non-hydrogen) atoms. The van der Waals surface area contributed by atoms with Crippen molar-refractivity contribution < 1.29 is 4.79 Å². The Kier molecular flexibility index (Phi) is 6.61. The molecule has 3 heteroatoms. The van der Waals surface area contributed by atoms with Gasteiger partial charge < -0.3 is 4.90 Å². The molecule has 1 saturated heterocycles. The lowest BCUT2D eigenvalue weighted by Crippen LogP contribution is -2.27. The summed E-state index contributed by atoms with van der Waals surface area (Å²) in [5, 5.41) is 2.30. The summed E-state index contributed by atoms with van der Waals surface area (Å²) in [5.74, 6) is 0.278. The average molecular weight is 332 g/mol. The van der Waals surface area contributed by atoms with Crippen molar-refractivity contribution in [1.29, 1.82) is 0 Å². The number of rotatable bonds is 4. The summed E-state index contributed by atoms with van der Waals surface area (Å²) in [4.78, 5) is 15.1. The summed E-state index contributed by atoms with van der Waals surface area (Å²) in [6.07, 6.45) is 5.87. The number of Topliss-reactive ketones (excluding diaryl/α,β-unsaturated/α-hetero) is 1. The van der Waals surface area contributed by atoms with Crippen molar-refractivity contribution in [3.63, 3.8) is 0 Å². The highest BCUT2D eigenvalue weighted by molar-refractivity contribution is 6.08. The van der Waals surface area contributed by atoms with Crippen LogP contribution in [0.3, 0.4) is 0 Å². The smallest absolute Gasteiger partial charge is 0.164 e. The topological polar surface area (TPSA) is 20.3 Å². The molecule has 0 radical (unpaired) electrons. The number of halogens is 1. The van der Waals surface area contributed by atoms with Gasteiger partial charge in [0.1, 0.15) is 0 Å². The molecule has 2 nitrogen and oxygen atoms in total. The van der Waals surface area contributed by atoms with E-state index < -0.39 is 0 Å². The van der Waals surface area contributed by atoms with E-state index in [0.717, 1.165) is 30.6 Å². The lowest BCUT2D eigenvalue weighted by atomic mass is 9.96. The van der Waals surface area contributed by atoms with Crippen LogP contribution in [0.1, 0.15) is 48.0 Å². The van der Waals surface area contributed by atoms with Gasteiger partial charge in [0.2, 0.25) is 0 Å². The highest BCUT2D eigenvalue weighted by Gasteiger charge is 2.14. The second-order valence-corrected chi connectivity index (χ2v) is 6.40. The number of fused-ring (bicyclic) bond motifs is 1. The minimum Gasteiger partial charge on any atom is -0.303 e. The molecule has 1 aliphatic rings. The molecular formula is C20H26ClNO. The monoisotopic (exact) mass is 331 g/mol. The number of ketones is 1. The van der Waals surface area contributed by atoms with E-state index in [0.29, 0.717) is 6.42 Å². The van der Waals surface area contributed by atoms with Crippen molar-refractivity contribution in [3.05, 3.63) is 47.5 Å². The summed E-state index contributed by atoms with van der Waals surface area (Å²) in [5.41, 5.74) is 2.12. The summed E-state index contributed by atoms with van der Waals surface area (Å²) >= 11 is 0. The first-order valence-corrected chi connectivity index (χ1v) is 8.49. The third-order valence-electron chi connectivity index (χ3n) is 4.80. The normalized spacial score (nSPS) is 15.9. The molecule has 0 amide bonds. The zero-order valence-corrected chi connectivity index (χ0v) is 14.7. The van der Waals surface area contributed by atoms with Gasteiger partial charge in [-0.2, -0.15) is 0 Å². The van der Waals surface area contributed by atoms with Gasteiger partial charge in [0, 0.05) is 18.5 Å². The molecule has 0 atom stereocenters. The van der Waals surface area contributed by atoms with Crippen LogP contribution in [-0.2, 0) is 0 Å². The van der Waals surface area contributed by atoms with Gasteiger partial charge in [-0.3, -0.25) is 4.79 Å². The van der Waals surface area contributed by atoms with Crippen molar-refractivity contribution in [2.75, 3.05) is 19.6 Å². The fraction of sp³-hybridized carbons (Fsp3) is 0.450. The molecule has 2 aromatic carbocycles. The Labute approximate surface area is 145 Å². The molecule has 0 aliphatic carbocycles. The third-order valence-corrected chi connectivity index (χ3v) is 4.80. The van der Waals surface area contributed by atoms with E-state index in [1.807, 2.05) is 18.2 Å². The first-order chi connectivity index (χ1) is 10.8. The number of nitrogens with zero attached hydrogens (tertiary/aromatic N) is 1. The van der Waals surface area contributed by atoms with Crippen molar-refractivity contribution in [2.24, 2.45) is 0 Å². The first kappa shape index (κ1) is 18.0. The van der Waals surface area contributed by atoms with Crippen molar-refractivity contribution in [2.45, 2.75) is 39.0 Å². The van der Waals surface area contributed by atoms with Crippen LogP contribution in [-0.4, -0.2) is 30.3 Å². The largest absolute Gasteiger partial charge is 0.303 e. The Morgan fingerprint density at radius 2 is 1.61 bits per heavy atom. The van der Waals surface area contributed by atoms with Gasteiger partial charge in [-0.1, -0.05) is 49.2 Å². The quantitative estimate of drug-likeness (QED) is 0.733. The molecule has 124 valence electrons. The second kappa shape index (κ2) is 8.47. The lowest BCUT2D eigenvalue weighted by Gasteiger charge is -2.19. The summed E-state index contributed by atoms with van der Waals surface area (Å²) in [7, 11) is 0. The first-order valence-electron chi connectivity index (χ1n) is 8.49. The predicted molar refractivity (Wildman–Crippen MR) is 99.8 cm³/mol. The van der Waals surface area contributed by atoms with Crippen LogP contribution in [0.2, 0.25) is 0 Å². The lowest BCUT2D eigenvalue weighted by molar-refractivity contribution is 0.0966. The standard InChI is InChI=1S/C20H25NO.ClH/c1-16-10-11-19(18-9-5-4-8-17(16)18)20(22)12-15-21-13-6-2-3-7-14-21;/h4-5,8-11H,2-3,6-7,12-15H2,1H3;1H. The maximum atomic E-state index is 12.7. The Morgan fingerprint density at radius 3 is 2.30 bits per heavy atom. The highest BCUT2D eigenvalue weighted by atomic mass is 35.5. The van der Waals surface area contributed by atoms with Crippen LogP contribution in [0.15, 0.2) is 36.4 Å².